The summed E-state index contributed by atoms with van der Waals surface area (Å²) in [5, 5.41) is 2.93. The van der Waals surface area contributed by atoms with Crippen LogP contribution in [-0.2, 0) is 30.8 Å². The van der Waals surface area contributed by atoms with Crippen LogP contribution < -0.4 is 19.5 Å². The molecule has 2 heterocycles. The number of carbonyl (C=O) groups excluding carboxylic acids is 3. The number of carbonyl (C=O) groups is 3. The fourth-order valence-corrected chi connectivity index (χ4v) is 7.20. The fourth-order valence-electron chi connectivity index (χ4n) is 5.69. The van der Waals surface area contributed by atoms with Gasteiger partial charge < -0.3 is 29.2 Å². The van der Waals surface area contributed by atoms with Gasteiger partial charge in [-0.3, -0.25) is 14.4 Å². The predicted octanol–water partition coefficient (Wildman–Crippen LogP) is 2.96. The molecule has 0 bridgehead atoms. The van der Waals surface area contributed by atoms with Gasteiger partial charge in [-0.2, -0.15) is 0 Å². The maximum absolute atomic E-state index is 14.2. The Hall–Kier alpha value is -4.62. The van der Waals surface area contributed by atoms with E-state index in [2.05, 4.69) is 5.32 Å². The Bertz CT molecular complexity index is 1710. The summed E-state index contributed by atoms with van der Waals surface area (Å²) in [6, 6.07) is 16.7. The summed E-state index contributed by atoms with van der Waals surface area (Å²) in [5.74, 6) is -0.532. The van der Waals surface area contributed by atoms with Crippen LogP contribution in [0.2, 0.25) is 0 Å². The van der Waals surface area contributed by atoms with Gasteiger partial charge in [0.1, 0.15) is 23.2 Å². The van der Waals surface area contributed by atoms with Crippen LogP contribution in [0.5, 0.6) is 17.2 Å². The van der Waals surface area contributed by atoms with Crippen molar-refractivity contribution < 1.29 is 41.7 Å². The first kappa shape index (κ1) is 32.8. The van der Waals surface area contributed by atoms with Gasteiger partial charge in [-0.15, -0.1) is 0 Å². The molecule has 0 aliphatic carbocycles. The number of methoxy groups -OCH3 is 3. The van der Waals surface area contributed by atoms with Crippen LogP contribution in [0.15, 0.2) is 71.6 Å². The first-order valence-electron chi connectivity index (χ1n) is 14.9. The molecule has 2 aliphatic heterocycles. The van der Waals surface area contributed by atoms with Crippen molar-refractivity contribution in [3.8, 4) is 17.2 Å². The molecule has 0 spiro atoms. The van der Waals surface area contributed by atoms with Crippen LogP contribution in [0.1, 0.15) is 40.4 Å². The average molecular weight is 652 g/mol. The van der Waals surface area contributed by atoms with Crippen LogP contribution in [0.3, 0.4) is 0 Å². The summed E-state index contributed by atoms with van der Waals surface area (Å²) in [7, 11) is 0.251. The number of amides is 3. The van der Waals surface area contributed by atoms with Crippen LogP contribution in [0.25, 0.3) is 0 Å². The van der Waals surface area contributed by atoms with Gasteiger partial charge in [0.2, 0.25) is 11.8 Å². The van der Waals surface area contributed by atoms with Gasteiger partial charge in [0, 0.05) is 19.7 Å². The largest absolute Gasteiger partial charge is 0.497 e. The molecule has 46 heavy (non-hydrogen) atoms. The van der Waals surface area contributed by atoms with Crippen molar-refractivity contribution in [3.63, 3.8) is 0 Å². The molecule has 1 fully saturated rings. The van der Waals surface area contributed by atoms with Gasteiger partial charge in [0.05, 0.1) is 33.0 Å². The molecule has 1 N–H and O–H groups in total. The second-order valence-electron chi connectivity index (χ2n) is 10.9. The van der Waals surface area contributed by atoms with Crippen LogP contribution >= 0.6 is 0 Å². The lowest BCUT2D eigenvalue weighted by molar-refractivity contribution is -0.141. The van der Waals surface area contributed by atoms with Crippen molar-refractivity contribution >= 4 is 27.7 Å². The topological polar surface area (TPSA) is 141 Å². The van der Waals surface area contributed by atoms with Crippen molar-refractivity contribution in [1.82, 2.24) is 14.5 Å². The van der Waals surface area contributed by atoms with E-state index in [0.29, 0.717) is 33.7 Å². The third kappa shape index (κ3) is 6.80. The highest BCUT2D eigenvalue weighted by Gasteiger charge is 2.43. The van der Waals surface area contributed by atoms with Gasteiger partial charge in [-0.25, -0.2) is 12.7 Å². The highest BCUT2D eigenvalue weighted by atomic mass is 32.2. The number of hydrogen-bond acceptors (Lipinski definition) is 9. The Labute approximate surface area is 268 Å². The van der Waals surface area contributed by atoms with Crippen LogP contribution in [0.4, 0.5) is 0 Å². The predicted molar refractivity (Wildman–Crippen MR) is 167 cm³/mol. The van der Waals surface area contributed by atoms with Gasteiger partial charge in [0.25, 0.3) is 15.9 Å². The SMILES string of the molecule is COc1cccc([C@H](C(=O)NC[C@H]2CCCO2)N(CCc2ccc(OC)c(OC)c2)C(=O)CN2C(=O)c3ccccc3S2(=O)=O)c1. The van der Waals surface area contributed by atoms with Crippen molar-refractivity contribution in [2.45, 2.75) is 36.3 Å². The lowest BCUT2D eigenvalue weighted by Crippen LogP contribution is -2.49. The van der Waals surface area contributed by atoms with Crippen LogP contribution in [0, 0.1) is 0 Å². The normalized spacial score (nSPS) is 17.2. The third-order valence-electron chi connectivity index (χ3n) is 8.10. The molecule has 3 amide bonds. The minimum atomic E-state index is -4.28. The molecule has 5 rings (SSSR count). The fraction of sp³-hybridized carbons (Fsp3) is 0.364. The number of ether oxygens (including phenoxy) is 4. The minimum absolute atomic E-state index is 0.00142. The summed E-state index contributed by atoms with van der Waals surface area (Å²) in [4.78, 5) is 42.6. The summed E-state index contributed by atoms with van der Waals surface area (Å²) >= 11 is 0. The van der Waals surface area contributed by atoms with E-state index in [0.717, 1.165) is 18.4 Å². The highest BCUT2D eigenvalue weighted by molar-refractivity contribution is 7.90. The molecule has 0 saturated carbocycles. The maximum atomic E-state index is 14.2. The van der Waals surface area contributed by atoms with E-state index in [1.165, 1.54) is 44.4 Å². The minimum Gasteiger partial charge on any atom is -0.497 e. The monoisotopic (exact) mass is 651 g/mol. The first-order chi connectivity index (χ1) is 22.2. The molecule has 12 nitrogen and oxygen atoms in total. The smallest absolute Gasteiger partial charge is 0.269 e. The van der Waals surface area contributed by atoms with Crippen molar-refractivity contribution in [3.05, 3.63) is 83.4 Å². The Balaban J connectivity index is 1.51. The Morgan fingerprint density at radius 2 is 1.78 bits per heavy atom. The van der Waals surface area contributed by atoms with Gasteiger partial charge in [0.15, 0.2) is 11.5 Å². The number of nitrogens with zero attached hydrogens (tertiary/aromatic N) is 2. The molecule has 2 atom stereocenters. The summed E-state index contributed by atoms with van der Waals surface area (Å²) in [6.07, 6.45) is 1.79. The van der Waals surface area contributed by atoms with Crippen molar-refractivity contribution in [2.24, 2.45) is 0 Å². The number of nitrogens with one attached hydrogen (secondary N) is 1. The lowest BCUT2D eigenvalue weighted by atomic mass is 10.0. The van der Waals surface area contributed by atoms with Crippen molar-refractivity contribution in [1.29, 1.82) is 0 Å². The second-order valence-corrected chi connectivity index (χ2v) is 12.7. The summed E-state index contributed by atoms with van der Waals surface area (Å²) < 4.78 is 49.2. The number of hydrogen-bond donors (Lipinski definition) is 1. The molecule has 0 radical (unpaired) electrons. The molecule has 0 aromatic heterocycles. The first-order valence-corrected chi connectivity index (χ1v) is 16.3. The van der Waals surface area contributed by atoms with E-state index in [9.17, 15) is 22.8 Å². The highest BCUT2D eigenvalue weighted by Crippen LogP contribution is 2.32. The van der Waals surface area contributed by atoms with E-state index in [4.69, 9.17) is 18.9 Å². The summed E-state index contributed by atoms with van der Waals surface area (Å²) in [5.41, 5.74) is 1.21. The Morgan fingerprint density at radius 1 is 1.00 bits per heavy atom. The zero-order valence-corrected chi connectivity index (χ0v) is 26.7. The zero-order chi connectivity index (χ0) is 32.8. The van der Waals surface area contributed by atoms with Gasteiger partial charge in [-0.05, 0) is 66.8 Å². The molecule has 13 heteroatoms. The number of benzene rings is 3. The number of fused-ring (bicyclic) bond motifs is 1. The molecular weight excluding hydrogens is 614 g/mol. The van der Waals surface area contributed by atoms with E-state index >= 15 is 0 Å². The van der Waals surface area contributed by atoms with Crippen molar-refractivity contribution in [2.75, 3.05) is 47.6 Å². The second kappa shape index (κ2) is 14.2. The Kier molecular flexibility index (Phi) is 10.1. The standard InChI is InChI=1S/C33H37N3O9S/c1-42-24-9-6-8-23(19-24)31(32(38)34-20-25-10-7-17-45-25)35(16-15-22-13-14-27(43-2)28(18-22)44-3)30(37)21-36-33(39)26-11-4-5-12-29(26)46(36,40)41/h4-6,8-9,11-14,18-19,25,31H,7,10,15-17,20-21H2,1-3H3,(H,34,38)/t25-,31-/m1/s1. The molecular formula is C33H37N3O9S. The van der Waals surface area contributed by atoms with Crippen LogP contribution in [-0.4, -0.2) is 89.0 Å². The zero-order valence-electron chi connectivity index (χ0n) is 25.9. The molecule has 1 saturated heterocycles. The molecule has 3 aromatic carbocycles. The number of rotatable bonds is 13. The summed E-state index contributed by atoms with van der Waals surface area (Å²) in [6.45, 7) is 0.0572. The molecule has 0 unspecified atom stereocenters. The molecule has 2 aliphatic rings. The van der Waals surface area contributed by atoms with Gasteiger partial charge in [-0.1, -0.05) is 30.3 Å². The maximum Gasteiger partial charge on any atom is 0.269 e. The quantitative estimate of drug-likeness (QED) is 0.295. The molecule has 244 valence electrons. The van der Waals surface area contributed by atoms with E-state index in [1.54, 1.807) is 42.5 Å². The lowest BCUT2D eigenvalue weighted by Gasteiger charge is -2.33. The Morgan fingerprint density at radius 3 is 2.48 bits per heavy atom. The van der Waals surface area contributed by atoms with E-state index < -0.39 is 40.3 Å². The average Bonchev–Trinajstić information content (AvgIpc) is 3.66. The third-order valence-corrected chi connectivity index (χ3v) is 9.89. The van der Waals surface area contributed by atoms with E-state index in [1.807, 2.05) is 6.07 Å². The van der Waals surface area contributed by atoms with E-state index in [-0.39, 0.29) is 36.1 Å². The van der Waals surface area contributed by atoms with Gasteiger partial charge >= 0.3 is 0 Å². The molecule has 3 aromatic rings. The number of sulfonamides is 1.